The summed E-state index contributed by atoms with van der Waals surface area (Å²) in [6, 6.07) is 0.506. The number of alkyl halides is 3. The minimum atomic E-state index is -4.10. The Kier molecular flexibility index (Phi) is 5.31. The van der Waals surface area contributed by atoms with Crippen LogP contribution < -0.4 is 5.32 Å². The first kappa shape index (κ1) is 16.0. The summed E-state index contributed by atoms with van der Waals surface area (Å²) in [6.45, 7) is 0.223. The molecule has 0 radical (unpaired) electrons. The van der Waals surface area contributed by atoms with Crippen molar-refractivity contribution < 1.29 is 23.0 Å². The summed E-state index contributed by atoms with van der Waals surface area (Å²) < 4.78 is 41.7. The zero-order chi connectivity index (χ0) is 14.6. The summed E-state index contributed by atoms with van der Waals surface area (Å²) in [7, 11) is 0. The van der Waals surface area contributed by atoms with Crippen LogP contribution in [0.5, 0.6) is 0 Å². The standard InChI is InChI=1S/C14H24F3NO2/c15-14(16,17)7-2-8-20-12-3-1-6-13(9-12,10-19)18-11-4-5-11/h11-12,18-19H,1-10H2. The molecule has 118 valence electrons. The Hall–Kier alpha value is -0.330. The molecule has 2 fully saturated rings. The molecule has 2 aliphatic carbocycles. The Morgan fingerprint density at radius 1 is 1.25 bits per heavy atom. The van der Waals surface area contributed by atoms with Gasteiger partial charge < -0.3 is 15.2 Å². The molecule has 2 aliphatic rings. The van der Waals surface area contributed by atoms with Crippen LogP contribution in [0.15, 0.2) is 0 Å². The molecular formula is C14H24F3NO2. The molecule has 2 N–H and O–H groups in total. The van der Waals surface area contributed by atoms with Gasteiger partial charge in [-0.2, -0.15) is 13.2 Å². The lowest BCUT2D eigenvalue weighted by Crippen LogP contribution is -2.54. The second kappa shape index (κ2) is 6.62. The highest BCUT2D eigenvalue weighted by atomic mass is 19.4. The normalized spacial score (nSPS) is 31.5. The van der Waals surface area contributed by atoms with E-state index in [4.69, 9.17) is 4.74 Å². The molecular weight excluding hydrogens is 271 g/mol. The van der Waals surface area contributed by atoms with Crippen LogP contribution >= 0.6 is 0 Å². The van der Waals surface area contributed by atoms with E-state index in [9.17, 15) is 18.3 Å². The molecule has 2 unspecified atom stereocenters. The van der Waals surface area contributed by atoms with Gasteiger partial charge in [0.2, 0.25) is 0 Å². The number of aliphatic hydroxyl groups is 1. The molecule has 3 nitrogen and oxygen atoms in total. The second-order valence-electron chi connectivity index (χ2n) is 6.16. The Balaban J connectivity index is 1.71. The van der Waals surface area contributed by atoms with E-state index in [1.807, 2.05) is 0 Å². The summed E-state index contributed by atoms with van der Waals surface area (Å²) in [4.78, 5) is 0. The lowest BCUT2D eigenvalue weighted by molar-refractivity contribution is -0.139. The molecule has 0 saturated heterocycles. The highest BCUT2D eigenvalue weighted by molar-refractivity contribution is 4.99. The topological polar surface area (TPSA) is 41.5 Å². The Morgan fingerprint density at radius 2 is 2.00 bits per heavy atom. The van der Waals surface area contributed by atoms with Gasteiger partial charge in [-0.15, -0.1) is 0 Å². The van der Waals surface area contributed by atoms with Crippen LogP contribution in [-0.4, -0.2) is 42.2 Å². The highest BCUT2D eigenvalue weighted by Gasteiger charge is 2.40. The van der Waals surface area contributed by atoms with Crippen molar-refractivity contribution in [1.82, 2.24) is 5.32 Å². The maximum absolute atomic E-state index is 12.1. The van der Waals surface area contributed by atoms with Gasteiger partial charge in [-0.1, -0.05) is 0 Å². The smallest absolute Gasteiger partial charge is 0.389 e. The number of nitrogens with one attached hydrogen (secondary N) is 1. The quantitative estimate of drug-likeness (QED) is 0.710. The third-order valence-electron chi connectivity index (χ3n) is 4.15. The van der Waals surface area contributed by atoms with Gasteiger partial charge in [-0.05, 0) is 44.9 Å². The fraction of sp³-hybridized carbons (Fsp3) is 1.00. The summed E-state index contributed by atoms with van der Waals surface area (Å²) in [6.07, 6.45) is 0.845. The van der Waals surface area contributed by atoms with Gasteiger partial charge in [0.05, 0.1) is 12.7 Å². The first-order valence-electron chi connectivity index (χ1n) is 7.49. The van der Waals surface area contributed by atoms with Crippen molar-refractivity contribution in [2.75, 3.05) is 13.2 Å². The van der Waals surface area contributed by atoms with E-state index in [0.717, 1.165) is 32.1 Å². The van der Waals surface area contributed by atoms with Crippen LogP contribution in [0.25, 0.3) is 0 Å². The van der Waals surface area contributed by atoms with Crippen molar-refractivity contribution in [3.05, 3.63) is 0 Å². The van der Waals surface area contributed by atoms with Crippen LogP contribution in [0, 0.1) is 0 Å². The molecule has 0 aromatic heterocycles. The SMILES string of the molecule is OCC1(NC2CC2)CCCC(OCCCC(F)(F)F)C1. The Labute approximate surface area is 117 Å². The van der Waals surface area contributed by atoms with Crippen molar-refractivity contribution in [3.8, 4) is 0 Å². The molecule has 2 atom stereocenters. The Morgan fingerprint density at radius 3 is 2.60 bits per heavy atom. The molecule has 6 heteroatoms. The predicted molar refractivity (Wildman–Crippen MR) is 69.5 cm³/mol. The van der Waals surface area contributed by atoms with Gasteiger partial charge in [0.25, 0.3) is 0 Å². The molecule has 2 rings (SSSR count). The fourth-order valence-electron chi connectivity index (χ4n) is 2.95. The van der Waals surface area contributed by atoms with Crippen LogP contribution in [-0.2, 0) is 4.74 Å². The third-order valence-corrected chi connectivity index (χ3v) is 4.15. The summed E-state index contributed by atoms with van der Waals surface area (Å²) in [5.74, 6) is 0. The maximum atomic E-state index is 12.1. The van der Waals surface area contributed by atoms with Crippen molar-refractivity contribution >= 4 is 0 Å². The van der Waals surface area contributed by atoms with E-state index < -0.39 is 12.6 Å². The summed E-state index contributed by atoms with van der Waals surface area (Å²) in [5.41, 5.74) is -0.284. The highest BCUT2D eigenvalue weighted by Crippen LogP contribution is 2.34. The van der Waals surface area contributed by atoms with Crippen molar-refractivity contribution in [3.63, 3.8) is 0 Å². The van der Waals surface area contributed by atoms with Gasteiger partial charge in [-0.3, -0.25) is 0 Å². The average Bonchev–Trinajstić information content (AvgIpc) is 3.18. The van der Waals surface area contributed by atoms with E-state index in [-0.39, 0.29) is 31.3 Å². The molecule has 0 aliphatic heterocycles. The van der Waals surface area contributed by atoms with Gasteiger partial charge >= 0.3 is 6.18 Å². The van der Waals surface area contributed by atoms with Crippen LogP contribution in [0.4, 0.5) is 13.2 Å². The minimum Gasteiger partial charge on any atom is -0.394 e. The van der Waals surface area contributed by atoms with Gasteiger partial charge in [0, 0.05) is 24.6 Å². The summed E-state index contributed by atoms with van der Waals surface area (Å²) in [5, 5.41) is 13.1. The molecule has 0 bridgehead atoms. The molecule has 0 heterocycles. The second-order valence-corrected chi connectivity index (χ2v) is 6.16. The average molecular weight is 295 g/mol. The van der Waals surface area contributed by atoms with Crippen molar-refractivity contribution in [2.45, 2.75) is 75.2 Å². The van der Waals surface area contributed by atoms with Gasteiger partial charge in [-0.25, -0.2) is 0 Å². The van der Waals surface area contributed by atoms with E-state index in [1.54, 1.807) is 0 Å². The monoisotopic (exact) mass is 295 g/mol. The van der Waals surface area contributed by atoms with Crippen molar-refractivity contribution in [2.24, 2.45) is 0 Å². The van der Waals surface area contributed by atoms with Crippen molar-refractivity contribution in [1.29, 1.82) is 0 Å². The molecule has 0 amide bonds. The fourth-order valence-corrected chi connectivity index (χ4v) is 2.95. The number of hydrogen-bond acceptors (Lipinski definition) is 3. The van der Waals surface area contributed by atoms with E-state index in [2.05, 4.69) is 5.32 Å². The molecule has 0 aromatic carbocycles. The first-order valence-corrected chi connectivity index (χ1v) is 7.49. The first-order chi connectivity index (χ1) is 9.42. The third kappa shape index (κ3) is 5.22. The molecule has 20 heavy (non-hydrogen) atoms. The largest absolute Gasteiger partial charge is 0.394 e. The molecule has 0 aromatic rings. The van der Waals surface area contributed by atoms with E-state index in [0.29, 0.717) is 12.5 Å². The zero-order valence-electron chi connectivity index (χ0n) is 11.7. The Bertz CT molecular complexity index is 307. The van der Waals surface area contributed by atoms with Crippen LogP contribution in [0.1, 0.15) is 51.4 Å². The molecule has 2 saturated carbocycles. The molecule has 0 spiro atoms. The number of aliphatic hydroxyl groups excluding tert-OH is 1. The predicted octanol–water partition coefficient (Wildman–Crippen LogP) is 2.77. The number of hydrogen-bond donors (Lipinski definition) is 2. The van der Waals surface area contributed by atoms with Gasteiger partial charge in [0.15, 0.2) is 0 Å². The lowest BCUT2D eigenvalue weighted by atomic mass is 9.80. The van der Waals surface area contributed by atoms with Crippen LogP contribution in [0.3, 0.4) is 0 Å². The number of halogens is 3. The summed E-state index contributed by atoms with van der Waals surface area (Å²) >= 11 is 0. The zero-order valence-corrected chi connectivity index (χ0v) is 11.7. The van der Waals surface area contributed by atoms with E-state index in [1.165, 1.54) is 0 Å². The van der Waals surface area contributed by atoms with Crippen LogP contribution in [0.2, 0.25) is 0 Å². The minimum absolute atomic E-state index is 0.0161. The number of ether oxygens (including phenoxy) is 1. The lowest BCUT2D eigenvalue weighted by Gasteiger charge is -2.40. The maximum Gasteiger partial charge on any atom is 0.389 e. The van der Waals surface area contributed by atoms with E-state index >= 15 is 0 Å². The number of rotatable bonds is 7. The van der Waals surface area contributed by atoms with Gasteiger partial charge in [0.1, 0.15) is 0 Å².